The predicted octanol–water partition coefficient (Wildman–Crippen LogP) is 2.96. The van der Waals surface area contributed by atoms with Crippen LogP contribution in [0.3, 0.4) is 0 Å². The molecule has 0 saturated carbocycles. The van der Waals surface area contributed by atoms with Gasteiger partial charge >= 0.3 is 5.97 Å². The molecular formula is C22H27N5O5. The second-order valence-electron chi connectivity index (χ2n) is 7.91. The number of benzene rings is 1. The van der Waals surface area contributed by atoms with E-state index in [1.807, 2.05) is 26.8 Å². The molecule has 0 unspecified atom stereocenters. The van der Waals surface area contributed by atoms with Crippen LogP contribution in [0.4, 0.5) is 11.5 Å². The van der Waals surface area contributed by atoms with Crippen molar-refractivity contribution in [1.29, 1.82) is 0 Å². The average Bonchev–Trinajstić information content (AvgIpc) is 2.78. The van der Waals surface area contributed by atoms with Crippen molar-refractivity contribution in [3.05, 3.63) is 57.0 Å². The highest BCUT2D eigenvalue weighted by atomic mass is 16.6. The van der Waals surface area contributed by atoms with Gasteiger partial charge in [-0.2, -0.15) is 0 Å². The summed E-state index contributed by atoms with van der Waals surface area (Å²) in [6.45, 7) is 9.78. The van der Waals surface area contributed by atoms with Gasteiger partial charge in [0.05, 0.1) is 17.1 Å². The minimum atomic E-state index is -0.699. The normalized spacial score (nSPS) is 13.9. The first-order valence-corrected chi connectivity index (χ1v) is 10.6. The molecule has 3 rings (SSSR count). The quantitative estimate of drug-likeness (QED) is 0.381. The summed E-state index contributed by atoms with van der Waals surface area (Å²) in [5.41, 5.74) is 0.645. The van der Waals surface area contributed by atoms with Gasteiger partial charge in [0.1, 0.15) is 11.6 Å². The molecule has 0 aliphatic carbocycles. The largest absolute Gasteiger partial charge is 0.462 e. The van der Waals surface area contributed by atoms with E-state index in [0.29, 0.717) is 26.2 Å². The number of aryl methyl sites for hydroxylation is 1. The van der Waals surface area contributed by atoms with Crippen LogP contribution in [0.1, 0.15) is 58.9 Å². The Morgan fingerprint density at radius 1 is 1.09 bits per heavy atom. The standard InChI is InChI=1S/C22H27N5O5/c1-5-32-22(29)17-11-16(12-18(13-17)27(30)31)21(28)26-8-6-25(7-9-26)19-10-15(4)23-20(24-19)14(2)3/h10-14H,5-9H2,1-4H3. The lowest BCUT2D eigenvalue weighted by Crippen LogP contribution is -2.49. The van der Waals surface area contributed by atoms with E-state index in [-0.39, 0.29) is 35.2 Å². The summed E-state index contributed by atoms with van der Waals surface area (Å²) >= 11 is 0. The molecule has 1 aliphatic rings. The van der Waals surface area contributed by atoms with Crippen LogP contribution in [0.2, 0.25) is 0 Å². The van der Waals surface area contributed by atoms with Crippen LogP contribution in [-0.4, -0.2) is 64.5 Å². The van der Waals surface area contributed by atoms with Crippen LogP contribution in [-0.2, 0) is 4.74 Å². The lowest BCUT2D eigenvalue weighted by atomic mass is 10.1. The molecule has 0 bridgehead atoms. The van der Waals surface area contributed by atoms with Gasteiger partial charge in [-0.25, -0.2) is 14.8 Å². The Morgan fingerprint density at radius 3 is 2.34 bits per heavy atom. The molecule has 0 spiro atoms. The Morgan fingerprint density at radius 2 is 1.75 bits per heavy atom. The van der Waals surface area contributed by atoms with Crippen LogP contribution in [0.5, 0.6) is 0 Å². The fraction of sp³-hybridized carbons (Fsp3) is 0.455. The van der Waals surface area contributed by atoms with E-state index < -0.39 is 10.9 Å². The van der Waals surface area contributed by atoms with Gasteiger partial charge in [-0.05, 0) is 19.9 Å². The Labute approximate surface area is 186 Å². The van der Waals surface area contributed by atoms with Gasteiger partial charge in [-0.3, -0.25) is 14.9 Å². The van der Waals surface area contributed by atoms with Gasteiger partial charge in [0, 0.05) is 61.6 Å². The minimum Gasteiger partial charge on any atom is -0.462 e. The highest BCUT2D eigenvalue weighted by molar-refractivity contribution is 5.99. The molecule has 10 nitrogen and oxygen atoms in total. The number of anilines is 1. The van der Waals surface area contributed by atoms with Gasteiger partial charge < -0.3 is 14.5 Å². The summed E-state index contributed by atoms with van der Waals surface area (Å²) in [7, 11) is 0. The summed E-state index contributed by atoms with van der Waals surface area (Å²) in [4.78, 5) is 48.7. The number of piperazine rings is 1. The second kappa shape index (κ2) is 9.71. The molecule has 1 aromatic heterocycles. The average molecular weight is 441 g/mol. The number of carbonyl (C=O) groups is 2. The van der Waals surface area contributed by atoms with Crippen LogP contribution < -0.4 is 4.90 Å². The molecule has 0 radical (unpaired) electrons. The summed E-state index contributed by atoms with van der Waals surface area (Å²) in [6.07, 6.45) is 0. The van der Waals surface area contributed by atoms with Crippen LogP contribution >= 0.6 is 0 Å². The van der Waals surface area contributed by atoms with Crippen LogP contribution in [0.25, 0.3) is 0 Å². The third-order valence-corrected chi connectivity index (χ3v) is 5.15. The molecule has 0 N–H and O–H groups in total. The fourth-order valence-corrected chi connectivity index (χ4v) is 3.49. The van der Waals surface area contributed by atoms with E-state index in [0.717, 1.165) is 23.4 Å². The molecule has 1 aliphatic heterocycles. The van der Waals surface area contributed by atoms with Gasteiger partial charge in [-0.15, -0.1) is 0 Å². The number of aromatic nitrogens is 2. The summed E-state index contributed by atoms with van der Waals surface area (Å²) < 4.78 is 4.94. The van der Waals surface area contributed by atoms with Crippen molar-refractivity contribution in [3.8, 4) is 0 Å². The molecule has 0 atom stereocenters. The summed E-state index contributed by atoms with van der Waals surface area (Å²) in [5, 5.41) is 11.3. The number of nitro benzene ring substituents is 1. The number of rotatable bonds is 6. The van der Waals surface area contributed by atoms with E-state index >= 15 is 0 Å². The van der Waals surface area contributed by atoms with Crippen molar-refractivity contribution in [1.82, 2.24) is 14.9 Å². The molecule has 2 aromatic rings. The second-order valence-corrected chi connectivity index (χ2v) is 7.91. The zero-order valence-corrected chi connectivity index (χ0v) is 18.7. The van der Waals surface area contributed by atoms with E-state index in [4.69, 9.17) is 4.74 Å². The molecule has 32 heavy (non-hydrogen) atoms. The minimum absolute atomic E-state index is 0.0132. The van der Waals surface area contributed by atoms with E-state index in [1.54, 1.807) is 11.8 Å². The molecule has 1 fully saturated rings. The maximum atomic E-state index is 13.1. The van der Waals surface area contributed by atoms with Crippen molar-refractivity contribution < 1.29 is 19.2 Å². The fourth-order valence-electron chi connectivity index (χ4n) is 3.49. The first-order valence-electron chi connectivity index (χ1n) is 10.6. The predicted molar refractivity (Wildman–Crippen MR) is 118 cm³/mol. The lowest BCUT2D eigenvalue weighted by Gasteiger charge is -2.35. The van der Waals surface area contributed by atoms with Crippen LogP contribution in [0, 0.1) is 17.0 Å². The highest BCUT2D eigenvalue weighted by Gasteiger charge is 2.26. The van der Waals surface area contributed by atoms with Gasteiger partial charge in [-0.1, -0.05) is 13.8 Å². The SMILES string of the molecule is CCOC(=O)c1cc(C(=O)N2CCN(c3cc(C)nc(C(C)C)n3)CC2)cc([N+](=O)[O-])c1. The molecule has 170 valence electrons. The Balaban J connectivity index is 1.77. The van der Waals surface area contributed by atoms with Crippen molar-refractivity contribution in [2.75, 3.05) is 37.7 Å². The maximum absolute atomic E-state index is 13.1. The smallest absolute Gasteiger partial charge is 0.338 e. The van der Waals surface area contributed by atoms with Gasteiger partial charge in [0.15, 0.2) is 0 Å². The van der Waals surface area contributed by atoms with Gasteiger partial charge in [0.25, 0.3) is 11.6 Å². The number of amides is 1. The number of nitrogens with zero attached hydrogens (tertiary/aromatic N) is 5. The number of hydrogen-bond donors (Lipinski definition) is 0. The zero-order chi connectivity index (χ0) is 23.4. The lowest BCUT2D eigenvalue weighted by molar-refractivity contribution is -0.384. The van der Waals surface area contributed by atoms with Crippen molar-refractivity contribution in [2.45, 2.75) is 33.6 Å². The van der Waals surface area contributed by atoms with E-state index in [2.05, 4.69) is 14.9 Å². The third kappa shape index (κ3) is 5.19. The molecular weight excluding hydrogens is 414 g/mol. The van der Waals surface area contributed by atoms with E-state index in [1.165, 1.54) is 12.1 Å². The molecule has 10 heteroatoms. The van der Waals surface area contributed by atoms with Crippen LogP contribution in [0.15, 0.2) is 24.3 Å². The zero-order valence-electron chi connectivity index (χ0n) is 18.7. The Kier molecular flexibility index (Phi) is 7.01. The number of hydrogen-bond acceptors (Lipinski definition) is 8. The topological polar surface area (TPSA) is 119 Å². The molecule has 1 aromatic carbocycles. The number of non-ortho nitro benzene ring substituents is 1. The van der Waals surface area contributed by atoms with Crippen molar-refractivity contribution in [3.63, 3.8) is 0 Å². The number of esters is 1. The molecule has 2 heterocycles. The Hall–Kier alpha value is -3.56. The first-order chi connectivity index (χ1) is 15.2. The van der Waals surface area contributed by atoms with Crippen molar-refractivity contribution >= 4 is 23.4 Å². The highest BCUT2D eigenvalue weighted by Crippen LogP contribution is 2.22. The van der Waals surface area contributed by atoms with E-state index in [9.17, 15) is 19.7 Å². The molecule has 1 saturated heterocycles. The summed E-state index contributed by atoms with van der Waals surface area (Å²) in [5.74, 6) is 0.754. The van der Waals surface area contributed by atoms with Crippen molar-refractivity contribution in [2.24, 2.45) is 0 Å². The molecule has 1 amide bonds. The monoisotopic (exact) mass is 441 g/mol. The third-order valence-electron chi connectivity index (χ3n) is 5.15. The van der Waals surface area contributed by atoms with Gasteiger partial charge in [0.2, 0.25) is 0 Å². The number of nitro groups is 1. The number of carbonyl (C=O) groups excluding carboxylic acids is 2. The first kappa shape index (κ1) is 23.1. The summed E-state index contributed by atoms with van der Waals surface area (Å²) in [6, 6.07) is 5.59. The maximum Gasteiger partial charge on any atom is 0.338 e. The number of ether oxygens (including phenoxy) is 1. The Bertz CT molecular complexity index is 1030.